The lowest BCUT2D eigenvalue weighted by Crippen LogP contribution is -2.45. The van der Waals surface area contributed by atoms with Crippen LogP contribution in [0.5, 0.6) is 0 Å². The standard InChI is InChI=1S/C18H30F3N5O2S/c1-17(2,3)14-11-15(18(19,20)21)26-16(22-14)10-12(23-26)13-8-6-7-9-25(13)29(27,28)24(4)5/h10,13-15,22H,6-9,11H2,1-5H3/t13?,14-,15+/m0/s1. The maximum Gasteiger partial charge on any atom is 0.410 e. The summed E-state index contributed by atoms with van der Waals surface area (Å²) in [4.78, 5) is 0. The van der Waals surface area contributed by atoms with Crippen molar-refractivity contribution in [1.29, 1.82) is 0 Å². The molecule has 166 valence electrons. The van der Waals surface area contributed by atoms with Gasteiger partial charge < -0.3 is 5.32 Å². The number of halogens is 3. The van der Waals surface area contributed by atoms with Crippen LogP contribution < -0.4 is 5.32 Å². The number of nitrogens with one attached hydrogen (secondary N) is 1. The predicted molar refractivity (Wildman–Crippen MR) is 105 cm³/mol. The number of hydrogen-bond donors (Lipinski definition) is 1. The molecule has 11 heteroatoms. The minimum Gasteiger partial charge on any atom is -0.367 e. The van der Waals surface area contributed by atoms with E-state index in [0.29, 0.717) is 30.9 Å². The van der Waals surface area contributed by atoms with E-state index in [1.165, 1.54) is 18.4 Å². The number of piperidine rings is 1. The molecule has 7 nitrogen and oxygen atoms in total. The molecule has 1 aromatic rings. The Morgan fingerprint density at radius 3 is 2.41 bits per heavy atom. The second kappa shape index (κ2) is 7.42. The minimum atomic E-state index is -4.44. The fourth-order valence-corrected chi connectivity index (χ4v) is 5.33. The molecular formula is C18H30F3N5O2S. The van der Waals surface area contributed by atoms with E-state index in [-0.39, 0.29) is 17.9 Å². The van der Waals surface area contributed by atoms with Gasteiger partial charge in [-0.3, -0.25) is 0 Å². The number of aromatic nitrogens is 2. The van der Waals surface area contributed by atoms with Gasteiger partial charge in [-0.2, -0.15) is 35.3 Å². The summed E-state index contributed by atoms with van der Waals surface area (Å²) in [5.41, 5.74) is -0.00828. The van der Waals surface area contributed by atoms with Crippen molar-refractivity contribution in [2.45, 2.75) is 70.8 Å². The molecule has 3 atom stereocenters. The van der Waals surface area contributed by atoms with Gasteiger partial charge in [0.2, 0.25) is 0 Å². The lowest BCUT2D eigenvalue weighted by molar-refractivity contribution is -0.175. The summed E-state index contributed by atoms with van der Waals surface area (Å²) >= 11 is 0. The Morgan fingerprint density at radius 1 is 1.21 bits per heavy atom. The molecule has 0 radical (unpaired) electrons. The topological polar surface area (TPSA) is 70.5 Å². The summed E-state index contributed by atoms with van der Waals surface area (Å²) in [6, 6.07) is -1.10. The van der Waals surface area contributed by atoms with Crippen molar-refractivity contribution in [3.05, 3.63) is 11.8 Å². The highest BCUT2D eigenvalue weighted by Crippen LogP contribution is 2.44. The fraction of sp³-hybridized carbons (Fsp3) is 0.833. The van der Waals surface area contributed by atoms with Gasteiger partial charge in [0.05, 0.1) is 11.7 Å². The zero-order valence-corrected chi connectivity index (χ0v) is 18.3. The van der Waals surface area contributed by atoms with Gasteiger partial charge in [-0.15, -0.1) is 0 Å². The monoisotopic (exact) mass is 437 g/mol. The van der Waals surface area contributed by atoms with Crippen LogP contribution in [0.2, 0.25) is 0 Å². The first-order valence-electron chi connectivity index (χ1n) is 9.85. The lowest BCUT2D eigenvalue weighted by Gasteiger charge is -2.39. The first kappa shape index (κ1) is 22.4. The highest BCUT2D eigenvalue weighted by Gasteiger charge is 2.49. The van der Waals surface area contributed by atoms with Crippen LogP contribution in [0.3, 0.4) is 0 Å². The number of rotatable bonds is 3. The first-order chi connectivity index (χ1) is 13.2. The Labute approximate surface area is 170 Å². The van der Waals surface area contributed by atoms with Crippen molar-refractivity contribution in [3.63, 3.8) is 0 Å². The second-order valence-electron chi connectivity index (χ2n) is 9.17. The average molecular weight is 438 g/mol. The van der Waals surface area contributed by atoms with Crippen molar-refractivity contribution in [2.24, 2.45) is 5.41 Å². The SMILES string of the molecule is CN(C)S(=O)(=O)N1CCCCC1c1cc2n(n1)[C@@H](C(F)(F)F)C[C@@H](C(C)(C)C)N2. The fourth-order valence-electron chi connectivity index (χ4n) is 4.01. The van der Waals surface area contributed by atoms with E-state index < -0.39 is 28.5 Å². The number of hydrogen-bond acceptors (Lipinski definition) is 4. The predicted octanol–water partition coefficient (Wildman–Crippen LogP) is 3.55. The molecule has 2 aliphatic heterocycles. The van der Waals surface area contributed by atoms with Crippen LogP contribution in [-0.4, -0.2) is 59.7 Å². The van der Waals surface area contributed by atoms with Gasteiger partial charge in [-0.1, -0.05) is 27.2 Å². The maximum atomic E-state index is 13.8. The highest BCUT2D eigenvalue weighted by molar-refractivity contribution is 7.86. The molecule has 0 aliphatic carbocycles. The van der Waals surface area contributed by atoms with Crippen LogP contribution in [0.15, 0.2) is 6.07 Å². The third kappa shape index (κ3) is 4.27. The maximum absolute atomic E-state index is 13.8. The summed E-state index contributed by atoms with van der Waals surface area (Å²) in [5, 5.41) is 7.47. The summed E-state index contributed by atoms with van der Waals surface area (Å²) in [6.07, 6.45) is -2.51. The second-order valence-corrected chi connectivity index (χ2v) is 11.3. The lowest BCUT2D eigenvalue weighted by atomic mass is 9.82. The molecule has 1 N–H and O–H groups in total. The van der Waals surface area contributed by atoms with E-state index in [1.54, 1.807) is 6.07 Å². The molecule has 29 heavy (non-hydrogen) atoms. The first-order valence-corrected chi connectivity index (χ1v) is 11.2. The average Bonchev–Trinajstić information content (AvgIpc) is 3.03. The number of alkyl halides is 3. The van der Waals surface area contributed by atoms with E-state index in [0.717, 1.165) is 15.4 Å². The third-order valence-corrected chi connectivity index (χ3v) is 7.76. The normalized spacial score (nSPS) is 27.0. The third-order valence-electron chi connectivity index (χ3n) is 5.81. The molecule has 3 rings (SSSR count). The van der Waals surface area contributed by atoms with E-state index in [9.17, 15) is 21.6 Å². The molecule has 1 unspecified atom stereocenters. The van der Waals surface area contributed by atoms with Gasteiger partial charge in [-0.05, 0) is 24.7 Å². The van der Waals surface area contributed by atoms with Crippen molar-refractivity contribution in [1.82, 2.24) is 18.4 Å². The Hall–Kier alpha value is -1.33. The molecule has 0 saturated carbocycles. The molecule has 1 saturated heterocycles. The summed E-state index contributed by atoms with van der Waals surface area (Å²) in [5.74, 6) is 0.293. The van der Waals surface area contributed by atoms with Gasteiger partial charge in [0.15, 0.2) is 6.04 Å². The Kier molecular flexibility index (Phi) is 5.72. The van der Waals surface area contributed by atoms with E-state index in [2.05, 4.69) is 10.4 Å². The smallest absolute Gasteiger partial charge is 0.367 e. The Bertz CT molecular complexity index is 845. The molecule has 1 aromatic heterocycles. The van der Waals surface area contributed by atoms with E-state index in [4.69, 9.17) is 0 Å². The van der Waals surface area contributed by atoms with Gasteiger partial charge in [0.1, 0.15) is 5.82 Å². The molecule has 1 fully saturated rings. The van der Waals surface area contributed by atoms with E-state index >= 15 is 0 Å². The molecule has 0 aromatic carbocycles. The number of fused-ring (bicyclic) bond motifs is 1. The van der Waals surface area contributed by atoms with Crippen LogP contribution in [0.4, 0.5) is 19.0 Å². The summed E-state index contributed by atoms with van der Waals surface area (Å²) in [6.45, 7) is 6.03. The molecule has 0 spiro atoms. The number of anilines is 1. The van der Waals surface area contributed by atoms with Crippen molar-refractivity contribution >= 4 is 16.0 Å². The van der Waals surface area contributed by atoms with Crippen LogP contribution >= 0.6 is 0 Å². The van der Waals surface area contributed by atoms with Gasteiger partial charge in [0, 0.05) is 32.7 Å². The van der Waals surface area contributed by atoms with Crippen molar-refractivity contribution in [3.8, 4) is 0 Å². The number of nitrogens with zero attached hydrogens (tertiary/aromatic N) is 4. The minimum absolute atomic E-state index is 0.120. The summed E-state index contributed by atoms with van der Waals surface area (Å²) in [7, 11) is -0.794. The van der Waals surface area contributed by atoms with Crippen molar-refractivity contribution < 1.29 is 21.6 Å². The molecular weight excluding hydrogens is 407 g/mol. The molecule has 3 heterocycles. The van der Waals surface area contributed by atoms with Crippen LogP contribution in [0.25, 0.3) is 0 Å². The van der Waals surface area contributed by atoms with Crippen LogP contribution in [-0.2, 0) is 10.2 Å². The van der Waals surface area contributed by atoms with Gasteiger partial charge in [-0.25, -0.2) is 4.68 Å². The highest BCUT2D eigenvalue weighted by atomic mass is 32.2. The Morgan fingerprint density at radius 2 is 1.86 bits per heavy atom. The molecule has 0 bridgehead atoms. The largest absolute Gasteiger partial charge is 0.410 e. The van der Waals surface area contributed by atoms with Gasteiger partial charge >= 0.3 is 6.18 Å². The summed E-state index contributed by atoms with van der Waals surface area (Å²) < 4.78 is 70.4. The van der Waals surface area contributed by atoms with Gasteiger partial charge in [0.25, 0.3) is 10.2 Å². The van der Waals surface area contributed by atoms with Crippen LogP contribution in [0.1, 0.15) is 64.2 Å². The van der Waals surface area contributed by atoms with Crippen LogP contribution in [0, 0.1) is 5.41 Å². The Balaban J connectivity index is 2.02. The molecule has 2 aliphatic rings. The molecule has 0 amide bonds. The van der Waals surface area contributed by atoms with E-state index in [1.807, 2.05) is 20.8 Å². The zero-order valence-electron chi connectivity index (χ0n) is 17.5. The van der Waals surface area contributed by atoms with Crippen molar-refractivity contribution in [2.75, 3.05) is 26.0 Å². The quantitative estimate of drug-likeness (QED) is 0.785. The zero-order chi connectivity index (χ0) is 21.8.